The largest absolute Gasteiger partial charge is 0.497 e. The van der Waals surface area contributed by atoms with Crippen LogP contribution in [0.25, 0.3) is 6.08 Å². The third kappa shape index (κ3) is 4.44. The number of rotatable bonds is 6. The number of H-pyrrole nitrogens is 1. The second kappa shape index (κ2) is 7.79. The third-order valence-electron chi connectivity index (χ3n) is 2.78. The van der Waals surface area contributed by atoms with Crippen molar-refractivity contribution in [1.82, 2.24) is 9.97 Å². The summed E-state index contributed by atoms with van der Waals surface area (Å²) in [5.41, 5.74) is -0.318. The molecule has 7 nitrogen and oxygen atoms in total. The Kier molecular flexibility index (Phi) is 5.51. The number of hydrogen-bond donors (Lipinski definition) is 1. The second-order valence-electron chi connectivity index (χ2n) is 4.32. The number of nitrogens with one attached hydrogen (secondary N) is 1. The summed E-state index contributed by atoms with van der Waals surface area (Å²) in [7, 11) is 1.54. The number of aromatic nitrogens is 2. The van der Waals surface area contributed by atoms with E-state index in [0.29, 0.717) is 11.5 Å². The van der Waals surface area contributed by atoms with Crippen LogP contribution in [-0.4, -0.2) is 29.7 Å². The monoisotopic (exact) mass is 316 g/mol. The van der Waals surface area contributed by atoms with Gasteiger partial charge in [0, 0.05) is 12.1 Å². The average molecular weight is 316 g/mol. The van der Waals surface area contributed by atoms with Crippen LogP contribution in [0.2, 0.25) is 0 Å². The van der Waals surface area contributed by atoms with Gasteiger partial charge in [0.2, 0.25) is 5.88 Å². The molecular formula is C16H16N2O5. The number of nitrogens with zero attached hydrogens (tertiary/aromatic N) is 1. The first-order valence-corrected chi connectivity index (χ1v) is 6.88. The predicted octanol–water partition coefficient (Wildman–Crippen LogP) is 2.15. The van der Waals surface area contributed by atoms with Crippen LogP contribution in [0, 0.1) is 0 Å². The molecule has 0 saturated heterocycles. The van der Waals surface area contributed by atoms with Crippen LogP contribution in [0.4, 0.5) is 0 Å². The SMILES string of the molecule is CCOC(=O)/C=C/c1c(Oc2cccc(OC)c2)nc[nH]c1=O. The topological polar surface area (TPSA) is 90.5 Å². The number of carbonyl (C=O) groups is 1. The van der Waals surface area contributed by atoms with E-state index in [1.165, 1.54) is 19.5 Å². The molecule has 7 heteroatoms. The Morgan fingerprint density at radius 1 is 1.35 bits per heavy atom. The van der Waals surface area contributed by atoms with Crippen LogP contribution in [0.3, 0.4) is 0 Å². The zero-order valence-electron chi connectivity index (χ0n) is 12.7. The highest BCUT2D eigenvalue weighted by Gasteiger charge is 2.10. The Morgan fingerprint density at radius 2 is 2.13 bits per heavy atom. The minimum atomic E-state index is -0.553. The molecule has 0 aliphatic rings. The lowest BCUT2D eigenvalue weighted by Crippen LogP contribution is -2.12. The predicted molar refractivity (Wildman–Crippen MR) is 83.6 cm³/mol. The van der Waals surface area contributed by atoms with Crippen LogP contribution in [0.1, 0.15) is 12.5 Å². The van der Waals surface area contributed by atoms with E-state index in [-0.39, 0.29) is 18.1 Å². The van der Waals surface area contributed by atoms with Gasteiger partial charge in [0.25, 0.3) is 5.56 Å². The Labute approximate surface area is 132 Å². The molecule has 0 saturated carbocycles. The first-order valence-electron chi connectivity index (χ1n) is 6.88. The molecule has 1 aromatic heterocycles. The van der Waals surface area contributed by atoms with Gasteiger partial charge in [-0.3, -0.25) is 4.79 Å². The highest BCUT2D eigenvalue weighted by Crippen LogP contribution is 2.25. The molecule has 0 aliphatic heterocycles. The number of ether oxygens (including phenoxy) is 3. The Balaban J connectivity index is 2.30. The molecule has 0 aliphatic carbocycles. The molecular weight excluding hydrogens is 300 g/mol. The molecule has 1 aromatic carbocycles. The molecule has 120 valence electrons. The molecule has 23 heavy (non-hydrogen) atoms. The van der Waals surface area contributed by atoms with Crippen molar-refractivity contribution in [3.05, 3.63) is 52.6 Å². The summed E-state index contributed by atoms with van der Waals surface area (Å²) in [6.07, 6.45) is 3.67. The molecule has 0 bridgehead atoms. The van der Waals surface area contributed by atoms with Gasteiger partial charge in [-0.25, -0.2) is 9.78 Å². The lowest BCUT2D eigenvalue weighted by Gasteiger charge is -2.08. The van der Waals surface area contributed by atoms with Crippen LogP contribution in [-0.2, 0) is 9.53 Å². The van der Waals surface area contributed by atoms with Crippen molar-refractivity contribution in [3.8, 4) is 17.4 Å². The van der Waals surface area contributed by atoms with Crippen LogP contribution in [0.15, 0.2) is 41.5 Å². The fourth-order valence-electron chi connectivity index (χ4n) is 1.74. The van der Waals surface area contributed by atoms with E-state index < -0.39 is 11.5 Å². The number of carbonyl (C=O) groups excluding carboxylic acids is 1. The van der Waals surface area contributed by atoms with E-state index in [2.05, 4.69) is 9.97 Å². The van der Waals surface area contributed by atoms with Crippen molar-refractivity contribution in [2.75, 3.05) is 13.7 Å². The lowest BCUT2D eigenvalue weighted by molar-refractivity contribution is -0.137. The zero-order chi connectivity index (χ0) is 16.7. The number of esters is 1. The fourth-order valence-corrected chi connectivity index (χ4v) is 1.74. The van der Waals surface area contributed by atoms with Gasteiger partial charge in [0.1, 0.15) is 17.1 Å². The van der Waals surface area contributed by atoms with Crippen molar-refractivity contribution >= 4 is 12.0 Å². The first kappa shape index (κ1) is 16.3. The number of benzene rings is 1. The summed E-state index contributed by atoms with van der Waals surface area (Å²) in [6, 6.07) is 6.86. The summed E-state index contributed by atoms with van der Waals surface area (Å²) in [5, 5.41) is 0. The van der Waals surface area contributed by atoms with Crippen molar-refractivity contribution in [1.29, 1.82) is 0 Å². The molecule has 2 rings (SSSR count). The van der Waals surface area contributed by atoms with Gasteiger partial charge in [-0.05, 0) is 25.1 Å². The van der Waals surface area contributed by atoms with Crippen molar-refractivity contribution in [3.63, 3.8) is 0 Å². The number of hydrogen-bond acceptors (Lipinski definition) is 6. The van der Waals surface area contributed by atoms with Crippen molar-refractivity contribution < 1.29 is 19.0 Å². The Hall–Kier alpha value is -3.09. The van der Waals surface area contributed by atoms with E-state index in [1.54, 1.807) is 31.2 Å². The zero-order valence-corrected chi connectivity index (χ0v) is 12.7. The van der Waals surface area contributed by atoms with E-state index in [0.717, 1.165) is 6.08 Å². The molecule has 0 fully saturated rings. The fraction of sp³-hybridized carbons (Fsp3) is 0.188. The molecule has 2 aromatic rings. The molecule has 0 amide bonds. The normalized spacial score (nSPS) is 10.5. The smallest absolute Gasteiger partial charge is 0.330 e. The Bertz CT molecular complexity index is 767. The maximum atomic E-state index is 11.9. The maximum absolute atomic E-state index is 11.9. The van der Waals surface area contributed by atoms with Crippen molar-refractivity contribution in [2.45, 2.75) is 6.92 Å². The van der Waals surface area contributed by atoms with E-state index >= 15 is 0 Å². The van der Waals surface area contributed by atoms with Gasteiger partial charge >= 0.3 is 5.97 Å². The minimum Gasteiger partial charge on any atom is -0.497 e. The molecule has 1 N–H and O–H groups in total. The molecule has 0 radical (unpaired) electrons. The summed E-state index contributed by atoms with van der Waals surface area (Å²) in [4.78, 5) is 29.7. The summed E-state index contributed by atoms with van der Waals surface area (Å²) < 4.78 is 15.5. The number of aromatic amines is 1. The highest BCUT2D eigenvalue weighted by atomic mass is 16.5. The lowest BCUT2D eigenvalue weighted by atomic mass is 10.3. The highest BCUT2D eigenvalue weighted by molar-refractivity contribution is 5.87. The van der Waals surface area contributed by atoms with Gasteiger partial charge in [0.15, 0.2) is 0 Å². The van der Waals surface area contributed by atoms with Gasteiger partial charge in [0.05, 0.1) is 20.0 Å². The van der Waals surface area contributed by atoms with Gasteiger partial charge in [-0.15, -0.1) is 0 Å². The average Bonchev–Trinajstić information content (AvgIpc) is 2.55. The second-order valence-corrected chi connectivity index (χ2v) is 4.32. The van der Waals surface area contributed by atoms with Gasteiger partial charge in [-0.2, -0.15) is 0 Å². The van der Waals surface area contributed by atoms with E-state index in [9.17, 15) is 9.59 Å². The van der Waals surface area contributed by atoms with Gasteiger partial charge in [-0.1, -0.05) is 6.07 Å². The summed E-state index contributed by atoms with van der Waals surface area (Å²) >= 11 is 0. The summed E-state index contributed by atoms with van der Waals surface area (Å²) in [6.45, 7) is 1.94. The van der Waals surface area contributed by atoms with Crippen LogP contribution >= 0.6 is 0 Å². The van der Waals surface area contributed by atoms with Crippen molar-refractivity contribution in [2.24, 2.45) is 0 Å². The molecule has 0 atom stereocenters. The summed E-state index contributed by atoms with van der Waals surface area (Å²) in [5.74, 6) is 0.579. The quantitative estimate of drug-likeness (QED) is 0.648. The molecule has 0 unspecified atom stereocenters. The minimum absolute atomic E-state index is 0.0718. The van der Waals surface area contributed by atoms with Crippen LogP contribution in [0.5, 0.6) is 17.4 Å². The maximum Gasteiger partial charge on any atom is 0.330 e. The van der Waals surface area contributed by atoms with E-state index in [4.69, 9.17) is 14.2 Å². The Morgan fingerprint density at radius 3 is 2.87 bits per heavy atom. The third-order valence-corrected chi connectivity index (χ3v) is 2.78. The van der Waals surface area contributed by atoms with E-state index in [1.807, 2.05) is 0 Å². The standard InChI is InChI=1S/C16H16N2O5/c1-3-22-14(19)8-7-13-15(20)17-10-18-16(13)23-12-6-4-5-11(9-12)21-2/h4-10H,3H2,1-2H3,(H,17,18,20)/b8-7+. The molecule has 0 spiro atoms. The van der Waals surface area contributed by atoms with Gasteiger partial charge < -0.3 is 19.2 Å². The number of methoxy groups -OCH3 is 1. The van der Waals surface area contributed by atoms with Crippen LogP contribution < -0.4 is 15.0 Å². The molecule has 1 heterocycles. The first-order chi connectivity index (χ1) is 11.1.